The Bertz CT molecular complexity index is 1760. The Kier molecular flexibility index (Phi) is 8.14. The van der Waals surface area contributed by atoms with Gasteiger partial charge in [-0.2, -0.15) is 0 Å². The Hall–Kier alpha value is -4.54. The van der Waals surface area contributed by atoms with Crippen LogP contribution < -0.4 is 10.1 Å². The number of halogens is 2. The maximum absolute atomic E-state index is 13.4. The van der Waals surface area contributed by atoms with E-state index in [9.17, 15) is 18.8 Å². The second-order valence-corrected chi connectivity index (χ2v) is 10.3. The lowest BCUT2D eigenvalue weighted by Gasteiger charge is -2.08. The molecule has 2 aromatic heterocycles. The van der Waals surface area contributed by atoms with Crippen LogP contribution >= 0.6 is 22.9 Å². The van der Waals surface area contributed by atoms with Crippen LogP contribution in [0.15, 0.2) is 72.1 Å². The molecule has 11 heteroatoms. The highest BCUT2D eigenvalue weighted by Gasteiger charge is 2.23. The summed E-state index contributed by atoms with van der Waals surface area (Å²) in [6.45, 7) is 1.23. The number of thiazole rings is 1. The van der Waals surface area contributed by atoms with Gasteiger partial charge in [0.2, 0.25) is 0 Å². The molecular weight excluding hydrogens is 569 g/mol. The van der Waals surface area contributed by atoms with E-state index in [-0.39, 0.29) is 18.1 Å². The normalized spacial score (nSPS) is 10.9. The number of esters is 1. The number of carbonyl (C=O) groups excluding carboxylic acids is 3. The highest BCUT2D eigenvalue weighted by molar-refractivity contribution is 7.14. The van der Waals surface area contributed by atoms with Crippen molar-refractivity contribution in [2.45, 2.75) is 13.3 Å². The number of hydrogen-bond donors (Lipinski definition) is 1. The molecule has 1 N–H and O–H groups in total. The van der Waals surface area contributed by atoms with Crippen LogP contribution in [-0.4, -0.2) is 41.1 Å². The fourth-order valence-corrected chi connectivity index (χ4v) is 5.24. The molecule has 5 aromatic rings. The summed E-state index contributed by atoms with van der Waals surface area (Å²) >= 11 is 7.18. The lowest BCUT2D eigenvalue weighted by atomic mass is 10.1. The summed E-state index contributed by atoms with van der Waals surface area (Å²) in [5.41, 5.74) is 3.46. The fraction of sp³-hybridized carbons (Fsp3) is 0.133. The Morgan fingerprint density at radius 3 is 2.49 bits per heavy atom. The van der Waals surface area contributed by atoms with Gasteiger partial charge in [0.05, 0.1) is 24.7 Å². The van der Waals surface area contributed by atoms with E-state index in [0.717, 1.165) is 0 Å². The first-order chi connectivity index (χ1) is 19.7. The van der Waals surface area contributed by atoms with E-state index < -0.39 is 18.5 Å². The number of nitrogens with zero attached hydrogens (tertiary/aromatic N) is 2. The van der Waals surface area contributed by atoms with E-state index in [1.165, 1.54) is 35.1 Å². The number of anilines is 1. The van der Waals surface area contributed by atoms with Crippen molar-refractivity contribution in [1.29, 1.82) is 0 Å². The smallest absolute Gasteiger partial charge is 0.310 e. The number of carbonyl (C=O) groups is 3. The van der Waals surface area contributed by atoms with Crippen molar-refractivity contribution in [2.24, 2.45) is 0 Å². The van der Waals surface area contributed by atoms with Crippen LogP contribution in [0.5, 0.6) is 5.75 Å². The van der Waals surface area contributed by atoms with Crippen LogP contribution in [0.1, 0.15) is 21.6 Å². The lowest BCUT2D eigenvalue weighted by molar-refractivity contribution is -0.146. The van der Waals surface area contributed by atoms with Crippen LogP contribution in [0.4, 0.5) is 9.52 Å². The lowest BCUT2D eigenvalue weighted by Crippen LogP contribution is -2.21. The van der Waals surface area contributed by atoms with Crippen molar-refractivity contribution in [1.82, 2.24) is 9.55 Å². The quantitative estimate of drug-likeness (QED) is 0.213. The maximum Gasteiger partial charge on any atom is 0.310 e. The number of rotatable bonds is 8. The van der Waals surface area contributed by atoms with Gasteiger partial charge < -0.3 is 9.47 Å². The third-order valence-corrected chi connectivity index (χ3v) is 7.42. The van der Waals surface area contributed by atoms with Crippen LogP contribution in [0.3, 0.4) is 0 Å². The van der Waals surface area contributed by atoms with Crippen molar-refractivity contribution in [3.8, 4) is 17.0 Å². The second kappa shape index (κ2) is 11.9. The van der Waals surface area contributed by atoms with Gasteiger partial charge in [-0.3, -0.25) is 24.3 Å². The molecule has 0 aliphatic rings. The van der Waals surface area contributed by atoms with Crippen LogP contribution in [-0.2, 0) is 20.7 Å². The zero-order valence-corrected chi connectivity index (χ0v) is 23.5. The van der Waals surface area contributed by atoms with Gasteiger partial charge in [-0.25, -0.2) is 9.37 Å². The van der Waals surface area contributed by atoms with E-state index in [4.69, 9.17) is 21.1 Å². The monoisotopic (exact) mass is 591 g/mol. The molecule has 0 aliphatic heterocycles. The first-order valence-corrected chi connectivity index (χ1v) is 13.6. The first kappa shape index (κ1) is 28.0. The van der Waals surface area contributed by atoms with Crippen molar-refractivity contribution >= 4 is 56.8 Å². The Morgan fingerprint density at radius 2 is 1.78 bits per heavy atom. The molecule has 0 aliphatic carbocycles. The molecule has 0 radical (unpaired) electrons. The molecule has 2 heterocycles. The van der Waals surface area contributed by atoms with Gasteiger partial charge in [0.25, 0.3) is 11.8 Å². The Balaban J connectivity index is 1.29. The van der Waals surface area contributed by atoms with Gasteiger partial charge in [0, 0.05) is 32.6 Å². The molecule has 208 valence electrons. The van der Waals surface area contributed by atoms with Crippen LogP contribution in [0.2, 0.25) is 5.02 Å². The summed E-state index contributed by atoms with van der Waals surface area (Å²) < 4.78 is 25.3. The summed E-state index contributed by atoms with van der Waals surface area (Å²) in [6.07, 6.45) is -0.171. The minimum absolute atomic E-state index is 0.171. The Morgan fingerprint density at radius 1 is 1.05 bits per heavy atom. The van der Waals surface area contributed by atoms with Crippen molar-refractivity contribution in [3.05, 3.63) is 99.8 Å². The molecule has 8 nitrogen and oxygen atoms in total. The van der Waals surface area contributed by atoms with E-state index in [0.29, 0.717) is 54.9 Å². The SMILES string of the molecule is COc1ccc2c(c1)c(CC(=O)OCC(=O)Nc1nc(-c3ccc(F)cc3)cs1)c(C)n2C(=O)c1ccc(Cl)cc1. The van der Waals surface area contributed by atoms with Gasteiger partial charge >= 0.3 is 5.97 Å². The Labute approximate surface area is 243 Å². The first-order valence-electron chi connectivity index (χ1n) is 12.4. The summed E-state index contributed by atoms with van der Waals surface area (Å²) in [5.74, 6) is -1.28. The predicted octanol–water partition coefficient (Wildman–Crippen LogP) is 6.29. The number of hydrogen-bond acceptors (Lipinski definition) is 7. The largest absolute Gasteiger partial charge is 0.497 e. The number of fused-ring (bicyclic) bond motifs is 1. The van der Waals surface area contributed by atoms with Gasteiger partial charge in [-0.15, -0.1) is 11.3 Å². The summed E-state index contributed by atoms with van der Waals surface area (Å²) in [4.78, 5) is 43.1. The molecule has 41 heavy (non-hydrogen) atoms. The molecule has 0 saturated carbocycles. The van der Waals surface area contributed by atoms with E-state index >= 15 is 0 Å². The number of amides is 1. The fourth-order valence-electron chi connectivity index (χ4n) is 4.38. The van der Waals surface area contributed by atoms with Gasteiger partial charge in [0.1, 0.15) is 11.6 Å². The maximum atomic E-state index is 13.4. The highest BCUT2D eigenvalue weighted by Crippen LogP contribution is 2.31. The number of nitrogens with one attached hydrogen (secondary N) is 1. The van der Waals surface area contributed by atoms with E-state index in [1.807, 2.05) is 0 Å². The number of aromatic nitrogens is 2. The molecule has 0 fully saturated rings. The van der Waals surface area contributed by atoms with Gasteiger partial charge in [-0.1, -0.05) is 11.6 Å². The zero-order chi connectivity index (χ0) is 29.1. The average molecular weight is 592 g/mol. The molecule has 0 saturated heterocycles. The summed E-state index contributed by atoms with van der Waals surface area (Å²) in [6, 6.07) is 17.6. The molecule has 3 aromatic carbocycles. The van der Waals surface area contributed by atoms with Gasteiger partial charge in [0.15, 0.2) is 11.7 Å². The standard InChI is InChI=1S/C30H23ClFN3O5S/c1-17-23(24-13-22(39-2)11-12-26(24)35(17)29(38)19-3-7-20(31)8-4-19)14-28(37)40-15-27(36)34-30-33-25(16-41-30)18-5-9-21(32)10-6-18/h3-13,16H,14-15H2,1-2H3,(H,33,34,36). The van der Waals surface area contributed by atoms with E-state index in [1.54, 1.807) is 66.9 Å². The number of ether oxygens (including phenoxy) is 2. The molecule has 0 spiro atoms. The van der Waals surface area contributed by atoms with Crippen LogP contribution in [0.25, 0.3) is 22.2 Å². The van der Waals surface area contributed by atoms with Crippen molar-refractivity contribution in [2.75, 3.05) is 19.0 Å². The third-order valence-electron chi connectivity index (χ3n) is 6.41. The summed E-state index contributed by atoms with van der Waals surface area (Å²) in [5, 5.41) is 5.81. The molecule has 5 rings (SSSR count). The van der Waals surface area contributed by atoms with Crippen molar-refractivity contribution in [3.63, 3.8) is 0 Å². The number of methoxy groups -OCH3 is 1. The molecule has 0 unspecified atom stereocenters. The summed E-state index contributed by atoms with van der Waals surface area (Å²) in [7, 11) is 1.53. The third kappa shape index (κ3) is 6.13. The van der Waals surface area contributed by atoms with E-state index in [2.05, 4.69) is 10.3 Å². The minimum Gasteiger partial charge on any atom is -0.497 e. The predicted molar refractivity (Wildman–Crippen MR) is 155 cm³/mol. The highest BCUT2D eigenvalue weighted by atomic mass is 35.5. The number of benzene rings is 3. The van der Waals surface area contributed by atoms with Crippen molar-refractivity contribution < 1.29 is 28.2 Å². The molecule has 0 bridgehead atoms. The van der Waals surface area contributed by atoms with Crippen LogP contribution in [0, 0.1) is 12.7 Å². The second-order valence-electron chi connectivity index (χ2n) is 9.02. The molecule has 1 amide bonds. The average Bonchev–Trinajstić information content (AvgIpc) is 3.54. The minimum atomic E-state index is -0.643. The topological polar surface area (TPSA) is 99.5 Å². The molecule has 0 atom stereocenters. The van der Waals surface area contributed by atoms with Gasteiger partial charge in [-0.05, 0) is 79.2 Å². The molecular formula is C30H23ClFN3O5S. The zero-order valence-electron chi connectivity index (χ0n) is 21.9.